The zero-order valence-corrected chi connectivity index (χ0v) is 8.47. The van der Waals surface area contributed by atoms with Crippen LogP contribution in [0.15, 0.2) is 22.8 Å². The predicted octanol–water partition coefficient (Wildman–Crippen LogP) is 1.10. The van der Waals surface area contributed by atoms with E-state index in [0.717, 1.165) is 0 Å². The van der Waals surface area contributed by atoms with Gasteiger partial charge in [0.2, 0.25) is 5.91 Å². The van der Waals surface area contributed by atoms with E-state index in [-0.39, 0.29) is 0 Å². The minimum atomic E-state index is -1.11. The van der Waals surface area contributed by atoms with Crippen LogP contribution in [0.3, 0.4) is 0 Å². The predicted molar refractivity (Wildman–Crippen MR) is 52.1 cm³/mol. The summed E-state index contributed by atoms with van der Waals surface area (Å²) < 4.78 is 5.08. The van der Waals surface area contributed by atoms with Crippen LogP contribution in [0.5, 0.6) is 0 Å². The highest BCUT2D eigenvalue weighted by molar-refractivity contribution is 5.93. The maximum Gasteiger partial charge on any atom is 0.312 e. The fourth-order valence-electron chi connectivity index (χ4n) is 1.21. The van der Waals surface area contributed by atoms with Crippen molar-refractivity contribution in [1.29, 1.82) is 0 Å². The van der Waals surface area contributed by atoms with Gasteiger partial charge < -0.3 is 14.4 Å². The van der Waals surface area contributed by atoms with Crippen molar-refractivity contribution in [3.63, 3.8) is 0 Å². The van der Waals surface area contributed by atoms with Crippen molar-refractivity contribution in [3.8, 4) is 0 Å². The molecule has 1 aromatic heterocycles. The second-order valence-corrected chi connectivity index (χ2v) is 3.06. The van der Waals surface area contributed by atoms with Crippen LogP contribution in [-0.4, -0.2) is 28.4 Å². The molecule has 0 fully saturated rings. The van der Waals surface area contributed by atoms with E-state index in [1.165, 1.54) is 11.2 Å². The molecule has 0 aliphatic rings. The Labute approximate surface area is 87.3 Å². The number of carbonyl (C=O) groups is 2. The van der Waals surface area contributed by atoms with Gasteiger partial charge in [0.1, 0.15) is 12.2 Å². The molecule has 0 saturated carbocycles. The van der Waals surface area contributed by atoms with Gasteiger partial charge in [-0.3, -0.25) is 9.59 Å². The number of hydrogen-bond donors (Lipinski definition) is 1. The summed E-state index contributed by atoms with van der Waals surface area (Å²) in [5, 5.41) is 8.48. The number of nitrogens with zero attached hydrogens (tertiary/aromatic N) is 1. The summed E-state index contributed by atoms with van der Waals surface area (Å²) in [5.74, 6) is -0.866. The molecule has 0 atom stereocenters. The third-order valence-electron chi connectivity index (χ3n) is 1.96. The second-order valence-electron chi connectivity index (χ2n) is 3.06. The number of hydrogen-bond acceptors (Lipinski definition) is 3. The third kappa shape index (κ3) is 3.46. The second kappa shape index (κ2) is 5.19. The van der Waals surface area contributed by atoms with Gasteiger partial charge in [-0.25, -0.2) is 0 Å². The van der Waals surface area contributed by atoms with Crippen molar-refractivity contribution in [1.82, 2.24) is 4.90 Å². The highest BCUT2D eigenvalue weighted by Gasteiger charge is 2.16. The molecule has 0 spiro atoms. The average Bonchev–Trinajstić information content (AvgIpc) is 2.65. The van der Waals surface area contributed by atoms with Gasteiger partial charge in [-0.05, 0) is 19.1 Å². The van der Waals surface area contributed by atoms with Crippen molar-refractivity contribution < 1.29 is 19.1 Å². The van der Waals surface area contributed by atoms with Crippen molar-refractivity contribution in [3.05, 3.63) is 24.2 Å². The first-order valence-electron chi connectivity index (χ1n) is 4.65. The van der Waals surface area contributed by atoms with Crippen molar-refractivity contribution >= 4 is 11.9 Å². The Morgan fingerprint density at radius 1 is 1.53 bits per heavy atom. The summed E-state index contributed by atoms with van der Waals surface area (Å²) in [6.07, 6.45) is 1.04. The van der Waals surface area contributed by atoms with Crippen molar-refractivity contribution in [2.24, 2.45) is 0 Å². The smallest absolute Gasteiger partial charge is 0.312 e. The minimum Gasteiger partial charge on any atom is -0.481 e. The van der Waals surface area contributed by atoms with E-state index >= 15 is 0 Å². The molecule has 1 rings (SSSR count). The van der Waals surface area contributed by atoms with Crippen LogP contribution in [0.2, 0.25) is 0 Å². The highest BCUT2D eigenvalue weighted by Crippen LogP contribution is 2.06. The van der Waals surface area contributed by atoms with Crippen LogP contribution >= 0.6 is 0 Å². The lowest BCUT2D eigenvalue weighted by atomic mass is 10.3. The van der Waals surface area contributed by atoms with Gasteiger partial charge in [-0.1, -0.05) is 0 Å². The molecular weight excluding hydrogens is 198 g/mol. The Bertz CT molecular complexity index is 331. The molecule has 15 heavy (non-hydrogen) atoms. The number of furan rings is 1. The van der Waals surface area contributed by atoms with Gasteiger partial charge >= 0.3 is 5.97 Å². The Hall–Kier alpha value is -1.78. The molecule has 0 radical (unpaired) electrons. The Morgan fingerprint density at radius 2 is 2.27 bits per heavy atom. The molecule has 5 heteroatoms. The van der Waals surface area contributed by atoms with Crippen LogP contribution in [0, 0.1) is 0 Å². The van der Waals surface area contributed by atoms with E-state index in [9.17, 15) is 9.59 Å². The van der Waals surface area contributed by atoms with Gasteiger partial charge in [-0.2, -0.15) is 0 Å². The monoisotopic (exact) mass is 211 g/mol. The number of carbonyl (C=O) groups excluding carboxylic acids is 1. The molecule has 0 unspecified atom stereocenters. The fourth-order valence-corrected chi connectivity index (χ4v) is 1.21. The maximum atomic E-state index is 11.4. The van der Waals surface area contributed by atoms with E-state index < -0.39 is 18.3 Å². The van der Waals surface area contributed by atoms with Crippen LogP contribution in [0.25, 0.3) is 0 Å². The molecular formula is C10H13NO4. The molecule has 1 aromatic rings. The molecule has 0 bridgehead atoms. The van der Waals surface area contributed by atoms with E-state index in [4.69, 9.17) is 9.52 Å². The van der Waals surface area contributed by atoms with Gasteiger partial charge in [0.25, 0.3) is 0 Å². The van der Waals surface area contributed by atoms with Gasteiger partial charge in [0, 0.05) is 6.54 Å². The molecule has 0 aliphatic carbocycles. The number of carboxylic acids is 1. The van der Waals surface area contributed by atoms with Gasteiger partial charge in [-0.15, -0.1) is 0 Å². The van der Waals surface area contributed by atoms with Crippen LogP contribution in [0.1, 0.15) is 19.1 Å². The minimum absolute atomic E-state index is 0.315. The van der Waals surface area contributed by atoms with E-state index in [1.807, 2.05) is 0 Å². The molecule has 0 aliphatic heterocycles. The quantitative estimate of drug-likeness (QED) is 0.740. The standard InChI is InChI=1S/C10H13NO4/c1-2-11(9(12)6-10(13)14)7-8-4-3-5-15-8/h3-5H,2,6-7H2,1H3,(H,13,14). The SMILES string of the molecule is CCN(Cc1ccco1)C(=O)CC(=O)O. The first-order chi connectivity index (χ1) is 7.13. The molecule has 1 N–H and O–H groups in total. The third-order valence-corrected chi connectivity index (χ3v) is 1.96. The fraction of sp³-hybridized carbons (Fsp3) is 0.400. The zero-order valence-electron chi connectivity index (χ0n) is 8.47. The first kappa shape index (κ1) is 11.3. The summed E-state index contributed by atoms with van der Waals surface area (Å²) in [7, 11) is 0. The Morgan fingerprint density at radius 3 is 2.73 bits per heavy atom. The molecule has 0 aromatic carbocycles. The topological polar surface area (TPSA) is 70.8 Å². The van der Waals surface area contributed by atoms with E-state index in [0.29, 0.717) is 18.8 Å². The summed E-state index contributed by atoms with van der Waals surface area (Å²) in [5.41, 5.74) is 0. The van der Waals surface area contributed by atoms with Crippen molar-refractivity contribution in [2.75, 3.05) is 6.54 Å². The molecule has 82 valence electrons. The number of rotatable bonds is 5. The lowest BCUT2D eigenvalue weighted by Gasteiger charge is -2.18. The van der Waals surface area contributed by atoms with Gasteiger partial charge in [0.05, 0.1) is 12.8 Å². The average molecular weight is 211 g/mol. The molecule has 5 nitrogen and oxygen atoms in total. The number of carboxylic acid groups (broad SMARTS) is 1. The van der Waals surface area contributed by atoms with Crippen LogP contribution < -0.4 is 0 Å². The summed E-state index contributed by atoms with van der Waals surface area (Å²) in [6.45, 7) is 2.57. The Balaban J connectivity index is 2.56. The first-order valence-corrected chi connectivity index (χ1v) is 4.65. The largest absolute Gasteiger partial charge is 0.481 e. The summed E-state index contributed by atoms with van der Waals surface area (Å²) in [6, 6.07) is 3.47. The number of aliphatic carboxylic acids is 1. The lowest BCUT2D eigenvalue weighted by molar-refractivity contribution is -0.144. The molecule has 1 heterocycles. The zero-order chi connectivity index (χ0) is 11.3. The van der Waals surface area contributed by atoms with Crippen molar-refractivity contribution in [2.45, 2.75) is 19.9 Å². The number of amides is 1. The maximum absolute atomic E-state index is 11.4. The molecule has 0 saturated heterocycles. The van der Waals surface area contributed by atoms with Crippen LogP contribution in [-0.2, 0) is 16.1 Å². The summed E-state index contributed by atoms with van der Waals surface area (Å²) >= 11 is 0. The highest BCUT2D eigenvalue weighted by atomic mass is 16.4. The van der Waals surface area contributed by atoms with Crippen LogP contribution in [0.4, 0.5) is 0 Å². The van der Waals surface area contributed by atoms with E-state index in [2.05, 4.69) is 0 Å². The Kier molecular flexibility index (Phi) is 3.91. The van der Waals surface area contributed by atoms with Gasteiger partial charge in [0.15, 0.2) is 0 Å². The van der Waals surface area contributed by atoms with E-state index in [1.54, 1.807) is 19.1 Å². The summed E-state index contributed by atoms with van der Waals surface area (Å²) in [4.78, 5) is 23.2. The normalized spacial score (nSPS) is 9.93. The molecule has 1 amide bonds. The lowest BCUT2D eigenvalue weighted by Crippen LogP contribution is -2.31.